The van der Waals surface area contributed by atoms with Crippen LogP contribution >= 0.6 is 12.6 Å². The molecule has 2 heterocycles. The number of nitrogens with zero attached hydrogens (tertiary/aromatic N) is 3. The fourth-order valence-corrected chi connectivity index (χ4v) is 2.53. The van der Waals surface area contributed by atoms with Crippen molar-refractivity contribution in [2.24, 2.45) is 7.05 Å². The Hall–Kier alpha value is -1.73. The van der Waals surface area contributed by atoms with E-state index in [-0.39, 0.29) is 5.97 Å². The molecule has 0 saturated heterocycles. The van der Waals surface area contributed by atoms with Crippen LogP contribution in [0.5, 0.6) is 0 Å². The highest BCUT2D eigenvalue weighted by Gasteiger charge is 2.22. The van der Waals surface area contributed by atoms with E-state index in [1.165, 1.54) is 11.1 Å². The average molecular weight is 322 g/mol. The minimum Gasteiger partial charge on any atom is -0.461 e. The summed E-state index contributed by atoms with van der Waals surface area (Å²) in [6, 6.07) is 1.80. The van der Waals surface area contributed by atoms with E-state index in [4.69, 9.17) is 4.74 Å². The van der Waals surface area contributed by atoms with Crippen molar-refractivity contribution in [3.05, 3.63) is 34.6 Å². The smallest absolute Gasteiger partial charge is 0.358 e. The van der Waals surface area contributed by atoms with E-state index in [9.17, 15) is 4.79 Å². The molecule has 0 amide bonds. The zero-order valence-electron chi connectivity index (χ0n) is 13.2. The van der Waals surface area contributed by atoms with Crippen molar-refractivity contribution >= 4 is 24.2 Å². The average Bonchev–Trinajstić information content (AvgIpc) is 2.88. The standard InChI is InChI=1S/C15H22N4O2S/c1-4-21-15(20)13-9-14(18(3)17-13)12-10-19(16-6-8-22)7-5-11(12)2/h6,8-9,16,22H,4-5,7,10H2,1-3H3/b8-6-. The van der Waals surface area contributed by atoms with Crippen LogP contribution in [0.1, 0.15) is 36.5 Å². The number of aryl methyl sites for hydroxylation is 1. The first-order valence-electron chi connectivity index (χ1n) is 7.27. The number of ether oxygens (including phenoxy) is 1. The number of rotatable bonds is 5. The molecule has 0 aliphatic carbocycles. The minimum absolute atomic E-state index is 0.347. The summed E-state index contributed by atoms with van der Waals surface area (Å²) >= 11 is 4.05. The van der Waals surface area contributed by atoms with Crippen LogP contribution in [0.3, 0.4) is 0 Å². The monoisotopic (exact) mass is 322 g/mol. The normalized spacial score (nSPS) is 16.4. The first-order valence-corrected chi connectivity index (χ1v) is 7.79. The van der Waals surface area contributed by atoms with Crippen LogP contribution in [0.4, 0.5) is 0 Å². The summed E-state index contributed by atoms with van der Waals surface area (Å²) in [4.78, 5) is 11.8. The summed E-state index contributed by atoms with van der Waals surface area (Å²) in [7, 11) is 1.85. The Balaban J connectivity index is 2.24. The van der Waals surface area contributed by atoms with E-state index in [0.717, 1.165) is 25.2 Å². The second-order valence-electron chi connectivity index (χ2n) is 5.13. The number of hydrogen-bond acceptors (Lipinski definition) is 6. The van der Waals surface area contributed by atoms with Crippen molar-refractivity contribution in [1.82, 2.24) is 20.2 Å². The Kier molecular flexibility index (Phi) is 5.68. The quantitative estimate of drug-likeness (QED) is 0.641. The second kappa shape index (κ2) is 7.51. The largest absolute Gasteiger partial charge is 0.461 e. The Morgan fingerprint density at radius 3 is 3.05 bits per heavy atom. The maximum Gasteiger partial charge on any atom is 0.358 e. The minimum atomic E-state index is -0.383. The first-order chi connectivity index (χ1) is 10.6. The van der Waals surface area contributed by atoms with Crippen molar-refractivity contribution < 1.29 is 9.53 Å². The molecule has 0 atom stereocenters. The van der Waals surface area contributed by atoms with Gasteiger partial charge in [0.25, 0.3) is 0 Å². The summed E-state index contributed by atoms with van der Waals surface area (Å²) in [5.41, 5.74) is 6.96. The van der Waals surface area contributed by atoms with Crippen molar-refractivity contribution in [3.8, 4) is 0 Å². The zero-order chi connectivity index (χ0) is 16.1. The maximum atomic E-state index is 11.8. The topological polar surface area (TPSA) is 59.4 Å². The van der Waals surface area contributed by atoms with Gasteiger partial charge in [-0.25, -0.2) is 9.80 Å². The van der Waals surface area contributed by atoms with Gasteiger partial charge in [-0.15, -0.1) is 12.6 Å². The van der Waals surface area contributed by atoms with E-state index in [0.29, 0.717) is 12.3 Å². The van der Waals surface area contributed by atoms with Crippen LogP contribution < -0.4 is 5.43 Å². The van der Waals surface area contributed by atoms with Crippen LogP contribution in [-0.2, 0) is 11.8 Å². The lowest BCUT2D eigenvalue weighted by atomic mass is 9.99. The van der Waals surface area contributed by atoms with Crippen LogP contribution in [0, 0.1) is 0 Å². The SMILES string of the molecule is CCOC(=O)c1cc(C2=C(C)CCN(N/C=C\S)C2)n(C)n1. The van der Waals surface area contributed by atoms with Crippen molar-refractivity contribution in [1.29, 1.82) is 0 Å². The van der Waals surface area contributed by atoms with Gasteiger partial charge in [0.05, 0.1) is 12.3 Å². The molecule has 7 heteroatoms. The number of nitrogens with one attached hydrogen (secondary N) is 1. The zero-order valence-corrected chi connectivity index (χ0v) is 14.1. The number of carbonyl (C=O) groups is 1. The van der Waals surface area contributed by atoms with Gasteiger partial charge in [0, 0.05) is 26.3 Å². The molecule has 0 saturated carbocycles. The summed E-state index contributed by atoms with van der Waals surface area (Å²) in [6.07, 6.45) is 2.75. The lowest BCUT2D eigenvalue weighted by Crippen LogP contribution is -2.39. The number of aromatic nitrogens is 2. The Morgan fingerprint density at radius 2 is 2.36 bits per heavy atom. The summed E-state index contributed by atoms with van der Waals surface area (Å²) in [5.74, 6) is -0.383. The van der Waals surface area contributed by atoms with Gasteiger partial charge in [0.1, 0.15) is 0 Å². The van der Waals surface area contributed by atoms with E-state index < -0.39 is 0 Å². The highest BCUT2D eigenvalue weighted by atomic mass is 32.1. The van der Waals surface area contributed by atoms with Gasteiger partial charge in [0.15, 0.2) is 5.69 Å². The fourth-order valence-electron chi connectivity index (χ4n) is 2.46. The Morgan fingerprint density at radius 1 is 1.59 bits per heavy atom. The number of carbonyl (C=O) groups excluding carboxylic acids is 1. The van der Waals surface area contributed by atoms with Gasteiger partial charge in [-0.2, -0.15) is 5.10 Å². The predicted octanol–water partition coefficient (Wildman–Crippen LogP) is 1.98. The molecule has 0 spiro atoms. The molecule has 6 nitrogen and oxygen atoms in total. The van der Waals surface area contributed by atoms with Crippen LogP contribution in [-0.4, -0.2) is 40.5 Å². The molecule has 1 aliphatic rings. The van der Waals surface area contributed by atoms with Gasteiger partial charge in [-0.1, -0.05) is 5.57 Å². The molecule has 0 radical (unpaired) electrons. The molecule has 120 valence electrons. The molecule has 1 aromatic heterocycles. The summed E-state index contributed by atoms with van der Waals surface area (Å²) in [5, 5.41) is 8.03. The fraction of sp³-hybridized carbons (Fsp3) is 0.467. The molecule has 1 aromatic rings. The highest BCUT2D eigenvalue weighted by Crippen LogP contribution is 2.26. The lowest BCUT2D eigenvalue weighted by Gasteiger charge is -2.29. The van der Waals surface area contributed by atoms with E-state index in [1.807, 2.05) is 7.05 Å². The molecule has 1 N–H and O–H groups in total. The number of hydrogen-bond donors (Lipinski definition) is 2. The lowest BCUT2D eigenvalue weighted by molar-refractivity contribution is 0.0518. The number of thiol groups is 1. The van der Waals surface area contributed by atoms with Crippen molar-refractivity contribution in [3.63, 3.8) is 0 Å². The van der Waals surface area contributed by atoms with Crippen molar-refractivity contribution in [2.45, 2.75) is 20.3 Å². The molecule has 0 bridgehead atoms. The van der Waals surface area contributed by atoms with Gasteiger partial charge < -0.3 is 10.2 Å². The molecular formula is C15H22N4O2S. The third-order valence-corrected chi connectivity index (χ3v) is 3.78. The predicted molar refractivity (Wildman–Crippen MR) is 89.2 cm³/mol. The second-order valence-corrected chi connectivity index (χ2v) is 5.43. The van der Waals surface area contributed by atoms with E-state index in [2.05, 4.69) is 35.1 Å². The van der Waals surface area contributed by atoms with Gasteiger partial charge in [0.2, 0.25) is 0 Å². The third-order valence-electron chi connectivity index (χ3n) is 3.63. The first kappa shape index (κ1) is 16.6. The number of hydrazine groups is 1. The molecular weight excluding hydrogens is 300 g/mol. The highest BCUT2D eigenvalue weighted by molar-refractivity contribution is 7.83. The van der Waals surface area contributed by atoms with Gasteiger partial charge in [-0.05, 0) is 37.3 Å². The van der Waals surface area contributed by atoms with Crippen LogP contribution in [0.25, 0.3) is 5.57 Å². The Bertz CT molecular complexity index is 607. The van der Waals surface area contributed by atoms with Crippen LogP contribution in [0.15, 0.2) is 23.2 Å². The van der Waals surface area contributed by atoms with Crippen LogP contribution in [0.2, 0.25) is 0 Å². The van der Waals surface area contributed by atoms with Crippen molar-refractivity contribution in [2.75, 3.05) is 19.7 Å². The van der Waals surface area contributed by atoms with Gasteiger partial charge in [-0.3, -0.25) is 4.68 Å². The molecule has 0 unspecified atom stereocenters. The Labute approximate surface area is 136 Å². The molecule has 2 rings (SSSR count). The summed E-state index contributed by atoms with van der Waals surface area (Å²) in [6.45, 7) is 5.92. The molecule has 22 heavy (non-hydrogen) atoms. The summed E-state index contributed by atoms with van der Waals surface area (Å²) < 4.78 is 6.75. The maximum absolute atomic E-state index is 11.8. The van der Waals surface area contributed by atoms with E-state index in [1.54, 1.807) is 29.3 Å². The molecule has 0 aromatic carbocycles. The molecule has 0 fully saturated rings. The number of esters is 1. The van der Waals surface area contributed by atoms with Gasteiger partial charge >= 0.3 is 5.97 Å². The molecule has 1 aliphatic heterocycles. The third kappa shape index (κ3) is 3.72. The van der Waals surface area contributed by atoms with E-state index >= 15 is 0 Å².